The lowest BCUT2D eigenvalue weighted by Crippen LogP contribution is -2.33. The van der Waals surface area contributed by atoms with Gasteiger partial charge in [-0.3, -0.25) is 14.6 Å². The zero-order chi connectivity index (χ0) is 11.3. The second kappa shape index (κ2) is 4.85. The number of hydrogen-bond acceptors (Lipinski definition) is 4. The maximum Gasteiger partial charge on any atom is 0.329 e. The molecule has 0 aliphatic carbocycles. The molecule has 0 bridgehead atoms. The molecule has 0 unspecified atom stereocenters. The summed E-state index contributed by atoms with van der Waals surface area (Å²) in [5.74, 6) is -2.03. The molecule has 1 aromatic rings. The monoisotopic (exact) mass is 206 g/mol. The third kappa shape index (κ3) is 3.18. The molecule has 6 heteroatoms. The molecule has 1 rings (SSSR count). The van der Waals surface area contributed by atoms with Crippen LogP contribution in [0.1, 0.15) is 12.6 Å². The standard InChI is InChI=1S/C9H10N4O2/c1-6(7-4-2-3-5-11-7)12-13-9(15)8(10)14/h2-5H,1H3,(H2,10,14)(H,13,15)/b12-6-. The second-order valence-corrected chi connectivity index (χ2v) is 2.72. The minimum Gasteiger partial charge on any atom is -0.361 e. The van der Waals surface area contributed by atoms with Gasteiger partial charge in [0.25, 0.3) is 0 Å². The van der Waals surface area contributed by atoms with Gasteiger partial charge in [-0.05, 0) is 19.1 Å². The van der Waals surface area contributed by atoms with E-state index in [1.165, 1.54) is 0 Å². The summed E-state index contributed by atoms with van der Waals surface area (Å²) in [5, 5.41) is 3.67. The third-order valence-electron chi connectivity index (χ3n) is 1.58. The molecule has 0 atom stereocenters. The number of pyridine rings is 1. The van der Waals surface area contributed by atoms with E-state index in [-0.39, 0.29) is 0 Å². The Morgan fingerprint density at radius 2 is 2.20 bits per heavy atom. The smallest absolute Gasteiger partial charge is 0.329 e. The van der Waals surface area contributed by atoms with Crippen LogP contribution >= 0.6 is 0 Å². The number of hydrazone groups is 1. The maximum atomic E-state index is 10.8. The topological polar surface area (TPSA) is 97.4 Å². The number of nitrogens with two attached hydrogens (primary N) is 1. The number of carbonyl (C=O) groups is 2. The SMILES string of the molecule is C/C(=N/NC(=O)C(N)=O)c1ccccn1. The lowest BCUT2D eigenvalue weighted by atomic mass is 10.3. The summed E-state index contributed by atoms with van der Waals surface area (Å²) in [6.07, 6.45) is 1.60. The van der Waals surface area contributed by atoms with Crippen molar-refractivity contribution in [2.24, 2.45) is 10.8 Å². The number of primary amides is 1. The number of carbonyl (C=O) groups excluding carboxylic acids is 2. The lowest BCUT2D eigenvalue weighted by molar-refractivity contribution is -0.137. The highest BCUT2D eigenvalue weighted by atomic mass is 16.2. The highest BCUT2D eigenvalue weighted by Crippen LogP contribution is 1.94. The molecular weight excluding hydrogens is 196 g/mol. The van der Waals surface area contributed by atoms with Crippen molar-refractivity contribution in [1.82, 2.24) is 10.4 Å². The van der Waals surface area contributed by atoms with E-state index in [0.717, 1.165) is 0 Å². The summed E-state index contributed by atoms with van der Waals surface area (Å²) in [5.41, 5.74) is 7.84. The number of nitrogens with zero attached hydrogens (tertiary/aromatic N) is 2. The van der Waals surface area contributed by atoms with Gasteiger partial charge in [0.15, 0.2) is 0 Å². The third-order valence-corrected chi connectivity index (χ3v) is 1.58. The molecule has 1 aromatic heterocycles. The number of aromatic nitrogens is 1. The van der Waals surface area contributed by atoms with Crippen LogP contribution in [0.5, 0.6) is 0 Å². The van der Waals surface area contributed by atoms with Gasteiger partial charge in [-0.15, -0.1) is 0 Å². The summed E-state index contributed by atoms with van der Waals surface area (Å²) in [7, 11) is 0. The lowest BCUT2D eigenvalue weighted by Gasteiger charge is -1.99. The Kier molecular flexibility index (Phi) is 3.50. The van der Waals surface area contributed by atoms with Gasteiger partial charge in [0.2, 0.25) is 0 Å². The van der Waals surface area contributed by atoms with Crippen molar-refractivity contribution >= 4 is 17.5 Å². The Balaban J connectivity index is 2.69. The molecule has 15 heavy (non-hydrogen) atoms. The predicted molar refractivity (Wildman–Crippen MR) is 53.8 cm³/mol. The minimum atomic E-state index is -1.08. The van der Waals surface area contributed by atoms with E-state index in [4.69, 9.17) is 5.73 Å². The Bertz CT molecular complexity index is 400. The van der Waals surface area contributed by atoms with Crippen LogP contribution in [0.15, 0.2) is 29.5 Å². The van der Waals surface area contributed by atoms with Crippen LogP contribution in [-0.4, -0.2) is 22.5 Å². The van der Waals surface area contributed by atoms with Crippen LogP contribution in [0.2, 0.25) is 0 Å². The van der Waals surface area contributed by atoms with Crippen molar-refractivity contribution in [1.29, 1.82) is 0 Å². The molecule has 78 valence electrons. The first-order valence-corrected chi connectivity index (χ1v) is 4.16. The Morgan fingerprint density at radius 1 is 1.47 bits per heavy atom. The van der Waals surface area contributed by atoms with Gasteiger partial charge in [-0.2, -0.15) is 5.10 Å². The van der Waals surface area contributed by atoms with E-state index in [1.54, 1.807) is 31.3 Å². The zero-order valence-corrected chi connectivity index (χ0v) is 8.10. The highest BCUT2D eigenvalue weighted by molar-refractivity contribution is 6.34. The fraction of sp³-hybridized carbons (Fsp3) is 0.111. The highest BCUT2D eigenvalue weighted by Gasteiger charge is 2.06. The Hall–Kier alpha value is -2.24. The number of rotatable bonds is 2. The number of hydrogen-bond donors (Lipinski definition) is 2. The number of nitrogens with one attached hydrogen (secondary N) is 1. The van der Waals surface area contributed by atoms with Crippen molar-refractivity contribution in [3.05, 3.63) is 30.1 Å². The molecule has 0 aliphatic rings. The fourth-order valence-electron chi connectivity index (χ4n) is 0.824. The molecule has 1 heterocycles. The largest absolute Gasteiger partial charge is 0.361 e. The van der Waals surface area contributed by atoms with E-state index in [0.29, 0.717) is 11.4 Å². The minimum absolute atomic E-state index is 0.491. The molecule has 0 radical (unpaired) electrons. The van der Waals surface area contributed by atoms with Crippen molar-refractivity contribution in [2.45, 2.75) is 6.92 Å². The summed E-state index contributed by atoms with van der Waals surface area (Å²) < 4.78 is 0. The average Bonchev–Trinajstić information content (AvgIpc) is 2.26. The molecule has 0 spiro atoms. The maximum absolute atomic E-state index is 10.8. The van der Waals surface area contributed by atoms with Gasteiger partial charge in [0.1, 0.15) is 0 Å². The molecule has 3 N–H and O–H groups in total. The van der Waals surface area contributed by atoms with Crippen LogP contribution in [-0.2, 0) is 9.59 Å². The molecule has 0 aromatic carbocycles. The predicted octanol–water partition coefficient (Wildman–Crippen LogP) is -0.593. The van der Waals surface area contributed by atoms with E-state index < -0.39 is 11.8 Å². The first-order valence-electron chi connectivity index (χ1n) is 4.16. The average molecular weight is 206 g/mol. The van der Waals surface area contributed by atoms with Crippen molar-refractivity contribution in [2.75, 3.05) is 0 Å². The summed E-state index contributed by atoms with van der Waals surface area (Å²) in [6.45, 7) is 1.66. The van der Waals surface area contributed by atoms with E-state index in [9.17, 15) is 9.59 Å². The quantitative estimate of drug-likeness (QED) is 0.384. The van der Waals surface area contributed by atoms with E-state index in [2.05, 4.69) is 10.1 Å². The Morgan fingerprint density at radius 3 is 2.73 bits per heavy atom. The van der Waals surface area contributed by atoms with Crippen molar-refractivity contribution < 1.29 is 9.59 Å². The first-order chi connectivity index (χ1) is 7.11. The Labute approximate surface area is 86.2 Å². The van der Waals surface area contributed by atoms with Gasteiger partial charge in [-0.1, -0.05) is 6.07 Å². The van der Waals surface area contributed by atoms with Crippen LogP contribution in [0.25, 0.3) is 0 Å². The number of amides is 2. The molecule has 0 saturated heterocycles. The fourth-order valence-corrected chi connectivity index (χ4v) is 0.824. The molecule has 0 fully saturated rings. The molecule has 0 saturated carbocycles. The van der Waals surface area contributed by atoms with Crippen LogP contribution in [0, 0.1) is 0 Å². The molecular formula is C9H10N4O2. The van der Waals surface area contributed by atoms with Gasteiger partial charge >= 0.3 is 11.8 Å². The molecule has 6 nitrogen and oxygen atoms in total. The van der Waals surface area contributed by atoms with Gasteiger partial charge < -0.3 is 5.73 Å². The van der Waals surface area contributed by atoms with Crippen molar-refractivity contribution in [3.8, 4) is 0 Å². The molecule has 2 amide bonds. The van der Waals surface area contributed by atoms with Gasteiger partial charge in [0.05, 0.1) is 11.4 Å². The van der Waals surface area contributed by atoms with E-state index >= 15 is 0 Å². The van der Waals surface area contributed by atoms with Crippen molar-refractivity contribution in [3.63, 3.8) is 0 Å². The normalized spacial score (nSPS) is 10.9. The summed E-state index contributed by atoms with van der Waals surface area (Å²) >= 11 is 0. The second-order valence-electron chi connectivity index (χ2n) is 2.72. The van der Waals surface area contributed by atoms with Gasteiger partial charge in [0, 0.05) is 6.20 Å². The van der Waals surface area contributed by atoms with Crippen LogP contribution < -0.4 is 11.2 Å². The van der Waals surface area contributed by atoms with E-state index in [1.807, 2.05) is 5.43 Å². The zero-order valence-electron chi connectivity index (χ0n) is 8.10. The summed E-state index contributed by atoms with van der Waals surface area (Å²) in [4.78, 5) is 25.1. The van der Waals surface area contributed by atoms with Crippen LogP contribution in [0.4, 0.5) is 0 Å². The van der Waals surface area contributed by atoms with Crippen LogP contribution in [0.3, 0.4) is 0 Å². The van der Waals surface area contributed by atoms with Gasteiger partial charge in [-0.25, -0.2) is 5.43 Å². The summed E-state index contributed by atoms with van der Waals surface area (Å²) in [6, 6.07) is 5.28. The first kappa shape index (κ1) is 10.8. The molecule has 0 aliphatic heterocycles.